The summed E-state index contributed by atoms with van der Waals surface area (Å²) in [5.74, 6) is -0.293. The van der Waals surface area contributed by atoms with E-state index in [4.69, 9.17) is 0 Å². The van der Waals surface area contributed by atoms with Crippen molar-refractivity contribution in [3.05, 3.63) is 104 Å². The Morgan fingerprint density at radius 2 is 1.67 bits per heavy atom. The summed E-state index contributed by atoms with van der Waals surface area (Å²) in [5, 5.41) is 0. The van der Waals surface area contributed by atoms with Crippen LogP contribution in [0, 0.1) is 5.82 Å². The fourth-order valence-corrected chi connectivity index (χ4v) is 3.22. The number of halogens is 2. The molecule has 122 valence electrons. The molecule has 0 unspecified atom stereocenters. The monoisotopic (exact) mass is 385 g/mol. The minimum absolute atomic E-state index is 0.0928. The summed E-state index contributed by atoms with van der Waals surface area (Å²) in [6.45, 7) is 0.355. The maximum Gasteiger partial charge on any atom is 0.265 e. The Kier molecular flexibility index (Phi) is 5.26. The lowest BCUT2D eigenvalue weighted by Gasteiger charge is -2.10. The van der Waals surface area contributed by atoms with Crippen LogP contribution in [0.2, 0.25) is 0 Å². The van der Waals surface area contributed by atoms with Crippen LogP contribution in [0.5, 0.6) is 0 Å². The molecular weight excluding hydrogens is 369 g/mol. The van der Waals surface area contributed by atoms with E-state index in [0.29, 0.717) is 11.0 Å². The molecule has 0 amide bonds. The van der Waals surface area contributed by atoms with Crippen molar-refractivity contribution in [1.29, 1.82) is 0 Å². The number of nitrogens with zero attached hydrogens (tertiary/aromatic N) is 1. The Bertz CT molecular complexity index is 890. The zero-order valence-electron chi connectivity index (χ0n) is 13.1. The van der Waals surface area contributed by atoms with Gasteiger partial charge < -0.3 is 4.57 Å². The Morgan fingerprint density at radius 3 is 2.42 bits per heavy atom. The molecule has 0 fully saturated rings. The van der Waals surface area contributed by atoms with Crippen LogP contribution >= 0.6 is 15.9 Å². The van der Waals surface area contributed by atoms with Crippen LogP contribution in [0.3, 0.4) is 0 Å². The van der Waals surface area contributed by atoms with Gasteiger partial charge in [0, 0.05) is 6.20 Å². The summed E-state index contributed by atoms with van der Waals surface area (Å²) in [5.41, 5.74) is 2.90. The summed E-state index contributed by atoms with van der Waals surface area (Å²) >= 11 is 3.43. The van der Waals surface area contributed by atoms with E-state index in [0.717, 1.165) is 24.0 Å². The molecule has 0 aliphatic rings. The normalized spacial score (nSPS) is 10.8. The molecule has 3 rings (SSSR count). The van der Waals surface area contributed by atoms with Crippen LogP contribution in [0.1, 0.15) is 16.7 Å². The van der Waals surface area contributed by atoms with Gasteiger partial charge in [-0.2, -0.15) is 0 Å². The average molecular weight is 386 g/mol. The number of rotatable bonds is 5. The molecule has 0 N–H and O–H groups in total. The predicted octanol–water partition coefficient (Wildman–Crippen LogP) is 4.58. The van der Waals surface area contributed by atoms with Crippen LogP contribution in [-0.4, -0.2) is 4.57 Å². The van der Waals surface area contributed by atoms with Crippen molar-refractivity contribution in [3.8, 4) is 0 Å². The maximum atomic E-state index is 13.3. The van der Waals surface area contributed by atoms with Gasteiger partial charge in [0.05, 0.1) is 11.0 Å². The molecule has 3 aromatic rings. The Hall–Kier alpha value is -2.20. The van der Waals surface area contributed by atoms with Gasteiger partial charge in [0.1, 0.15) is 5.82 Å². The molecule has 1 aromatic heterocycles. The Labute approximate surface area is 148 Å². The SMILES string of the molecule is O=c1c(Br)c(CCc2ccccc2)ccn1Cc1cccc(F)c1. The lowest BCUT2D eigenvalue weighted by Crippen LogP contribution is -2.22. The summed E-state index contributed by atoms with van der Waals surface area (Å²) < 4.78 is 15.4. The van der Waals surface area contributed by atoms with Crippen LogP contribution in [0.25, 0.3) is 0 Å². The van der Waals surface area contributed by atoms with Crippen LogP contribution in [0.4, 0.5) is 4.39 Å². The van der Waals surface area contributed by atoms with E-state index >= 15 is 0 Å². The molecule has 0 spiro atoms. The third-order valence-electron chi connectivity index (χ3n) is 3.95. The van der Waals surface area contributed by atoms with E-state index in [1.54, 1.807) is 16.8 Å². The highest BCUT2D eigenvalue weighted by Gasteiger charge is 2.08. The molecular formula is C20H17BrFNO. The molecule has 0 bridgehead atoms. The Balaban J connectivity index is 1.77. The highest BCUT2D eigenvalue weighted by molar-refractivity contribution is 9.10. The van der Waals surface area contributed by atoms with Gasteiger partial charge in [0.25, 0.3) is 5.56 Å². The van der Waals surface area contributed by atoms with Crippen molar-refractivity contribution in [2.24, 2.45) is 0 Å². The van der Waals surface area contributed by atoms with Gasteiger partial charge in [0.15, 0.2) is 0 Å². The maximum absolute atomic E-state index is 13.3. The van der Waals surface area contributed by atoms with Gasteiger partial charge in [-0.05, 0) is 63.7 Å². The molecule has 24 heavy (non-hydrogen) atoms. The van der Waals surface area contributed by atoms with Gasteiger partial charge in [-0.25, -0.2) is 4.39 Å². The number of aryl methyl sites for hydroxylation is 2. The summed E-state index contributed by atoms with van der Waals surface area (Å²) in [7, 11) is 0. The van der Waals surface area contributed by atoms with E-state index in [-0.39, 0.29) is 11.4 Å². The van der Waals surface area contributed by atoms with Crippen molar-refractivity contribution < 1.29 is 4.39 Å². The van der Waals surface area contributed by atoms with E-state index in [1.165, 1.54) is 17.7 Å². The highest BCUT2D eigenvalue weighted by Crippen LogP contribution is 2.15. The summed E-state index contributed by atoms with van der Waals surface area (Å²) in [6, 6.07) is 18.5. The molecule has 4 heteroatoms. The molecule has 2 aromatic carbocycles. The first kappa shape index (κ1) is 16.7. The summed E-state index contributed by atoms with van der Waals surface area (Å²) in [4.78, 5) is 12.5. The molecule has 0 aliphatic carbocycles. The first-order valence-electron chi connectivity index (χ1n) is 7.79. The Morgan fingerprint density at radius 1 is 0.917 bits per heavy atom. The largest absolute Gasteiger partial charge is 0.310 e. The van der Waals surface area contributed by atoms with Gasteiger partial charge in [-0.1, -0.05) is 42.5 Å². The van der Waals surface area contributed by atoms with Crippen molar-refractivity contribution >= 4 is 15.9 Å². The van der Waals surface area contributed by atoms with E-state index in [2.05, 4.69) is 28.1 Å². The molecule has 2 nitrogen and oxygen atoms in total. The van der Waals surface area contributed by atoms with Crippen LogP contribution in [0.15, 0.2) is 76.1 Å². The fourth-order valence-electron chi connectivity index (χ4n) is 2.66. The van der Waals surface area contributed by atoms with E-state index in [1.807, 2.05) is 30.3 Å². The van der Waals surface area contributed by atoms with Crippen molar-refractivity contribution in [3.63, 3.8) is 0 Å². The number of aromatic nitrogens is 1. The molecule has 0 saturated carbocycles. The first-order valence-corrected chi connectivity index (χ1v) is 8.59. The van der Waals surface area contributed by atoms with E-state index in [9.17, 15) is 9.18 Å². The lowest BCUT2D eigenvalue weighted by molar-refractivity contribution is 0.622. The first-order chi connectivity index (χ1) is 11.6. The second-order valence-electron chi connectivity index (χ2n) is 5.70. The van der Waals surface area contributed by atoms with E-state index < -0.39 is 0 Å². The minimum atomic E-state index is -0.293. The fraction of sp³-hybridized carbons (Fsp3) is 0.150. The number of benzene rings is 2. The van der Waals surface area contributed by atoms with Gasteiger partial charge >= 0.3 is 0 Å². The topological polar surface area (TPSA) is 22.0 Å². The van der Waals surface area contributed by atoms with Gasteiger partial charge in [-0.15, -0.1) is 0 Å². The number of pyridine rings is 1. The predicted molar refractivity (Wildman–Crippen MR) is 97.8 cm³/mol. The standard InChI is InChI=1S/C20H17BrFNO/c21-19-17(10-9-15-5-2-1-3-6-15)11-12-23(20(19)24)14-16-7-4-8-18(22)13-16/h1-8,11-13H,9-10,14H2. The third-order valence-corrected chi connectivity index (χ3v) is 4.80. The molecule has 1 heterocycles. The van der Waals surface area contributed by atoms with Crippen molar-refractivity contribution in [2.75, 3.05) is 0 Å². The number of hydrogen-bond donors (Lipinski definition) is 0. The molecule has 0 saturated heterocycles. The lowest BCUT2D eigenvalue weighted by atomic mass is 10.1. The number of hydrogen-bond acceptors (Lipinski definition) is 1. The van der Waals surface area contributed by atoms with Gasteiger partial charge in [0.2, 0.25) is 0 Å². The third kappa shape index (κ3) is 4.01. The van der Waals surface area contributed by atoms with Crippen LogP contribution < -0.4 is 5.56 Å². The summed E-state index contributed by atoms with van der Waals surface area (Å²) in [6.07, 6.45) is 3.45. The van der Waals surface area contributed by atoms with Crippen molar-refractivity contribution in [1.82, 2.24) is 4.57 Å². The molecule has 0 atom stereocenters. The van der Waals surface area contributed by atoms with Crippen molar-refractivity contribution in [2.45, 2.75) is 19.4 Å². The molecule has 0 radical (unpaired) electrons. The smallest absolute Gasteiger partial charge is 0.265 e. The zero-order chi connectivity index (χ0) is 16.9. The second kappa shape index (κ2) is 7.58. The minimum Gasteiger partial charge on any atom is -0.310 e. The van der Waals surface area contributed by atoms with Gasteiger partial charge in [-0.3, -0.25) is 4.79 Å². The second-order valence-corrected chi connectivity index (χ2v) is 6.50. The quantitative estimate of drug-likeness (QED) is 0.629. The van der Waals surface area contributed by atoms with Crippen LogP contribution in [-0.2, 0) is 19.4 Å². The highest BCUT2D eigenvalue weighted by atomic mass is 79.9. The average Bonchev–Trinajstić information content (AvgIpc) is 2.59. The zero-order valence-corrected chi connectivity index (χ0v) is 14.7. The molecule has 0 aliphatic heterocycles.